The number of thiophene rings is 1. The molecule has 27 heavy (non-hydrogen) atoms. The molecule has 0 bridgehead atoms. The molecule has 1 aromatic carbocycles. The van der Waals surface area contributed by atoms with Crippen LogP contribution in [0, 0.1) is 5.92 Å². The molecule has 0 radical (unpaired) electrons. The van der Waals surface area contributed by atoms with Gasteiger partial charge in [-0.2, -0.15) is 0 Å². The molecule has 1 aliphatic rings. The van der Waals surface area contributed by atoms with E-state index < -0.39 is 0 Å². The molecule has 142 valence electrons. The second kappa shape index (κ2) is 7.38. The molecule has 3 N–H and O–H groups in total. The van der Waals surface area contributed by atoms with E-state index in [0.717, 1.165) is 40.3 Å². The summed E-state index contributed by atoms with van der Waals surface area (Å²) in [6.07, 6.45) is 3.22. The molecule has 0 saturated heterocycles. The fraction of sp³-hybridized carbons (Fsp3) is 0.429. The van der Waals surface area contributed by atoms with E-state index in [-0.39, 0.29) is 17.6 Å². The van der Waals surface area contributed by atoms with E-state index in [1.807, 2.05) is 18.2 Å². The van der Waals surface area contributed by atoms with Gasteiger partial charge in [-0.05, 0) is 56.7 Å². The first-order chi connectivity index (χ1) is 12.9. The van der Waals surface area contributed by atoms with Crippen molar-refractivity contribution in [2.24, 2.45) is 5.92 Å². The molecule has 0 saturated carbocycles. The maximum atomic E-state index is 12.8. The van der Waals surface area contributed by atoms with Gasteiger partial charge in [0.05, 0.1) is 5.39 Å². The summed E-state index contributed by atoms with van der Waals surface area (Å²) in [5.41, 5.74) is 2.41. The zero-order valence-electron chi connectivity index (χ0n) is 15.9. The van der Waals surface area contributed by atoms with Gasteiger partial charge >= 0.3 is 0 Å². The van der Waals surface area contributed by atoms with E-state index in [1.165, 1.54) is 16.0 Å². The van der Waals surface area contributed by atoms with Crippen LogP contribution < -0.4 is 10.9 Å². The molecule has 0 unspecified atom stereocenters. The number of quaternary nitrogens is 1. The fourth-order valence-electron chi connectivity index (χ4n) is 4.01. The molecule has 0 aliphatic heterocycles. The highest BCUT2D eigenvalue weighted by Crippen LogP contribution is 2.35. The number of hydrogen-bond donors (Lipinski definition) is 2. The van der Waals surface area contributed by atoms with E-state index in [0.29, 0.717) is 5.92 Å². The minimum Gasteiger partial charge on any atom is -0.332 e. The predicted octanol–water partition coefficient (Wildman–Crippen LogP) is 4.15. The quantitative estimate of drug-likeness (QED) is 0.688. The van der Waals surface area contributed by atoms with Crippen molar-refractivity contribution in [3.8, 4) is 0 Å². The summed E-state index contributed by atoms with van der Waals surface area (Å²) in [6, 6.07) is 8.19. The summed E-state index contributed by atoms with van der Waals surface area (Å²) >= 11 is 7.82. The number of H-pyrrole nitrogens is 1. The van der Waals surface area contributed by atoms with Crippen molar-refractivity contribution in [2.75, 3.05) is 0 Å². The van der Waals surface area contributed by atoms with Gasteiger partial charge in [0.2, 0.25) is 0 Å². The topological polar surface area (TPSA) is 62.4 Å². The SMILES string of the molecule is C[C@@H]1CCc2c(sc3nc([C@@H](C)[NH2+][C@@H](C)c4cccc(Cl)c4)[nH]c(=O)c23)C1. The van der Waals surface area contributed by atoms with Crippen molar-refractivity contribution in [3.05, 3.63) is 61.5 Å². The number of rotatable bonds is 4. The first kappa shape index (κ1) is 18.7. The van der Waals surface area contributed by atoms with E-state index in [4.69, 9.17) is 16.6 Å². The Labute approximate surface area is 168 Å². The molecule has 3 atom stereocenters. The number of aromatic amines is 1. The highest BCUT2D eigenvalue weighted by atomic mass is 35.5. The predicted molar refractivity (Wildman–Crippen MR) is 112 cm³/mol. The number of benzene rings is 1. The van der Waals surface area contributed by atoms with Gasteiger partial charge < -0.3 is 10.3 Å². The van der Waals surface area contributed by atoms with Crippen LogP contribution in [0.1, 0.15) is 61.1 Å². The average Bonchev–Trinajstić information content (AvgIpc) is 2.99. The largest absolute Gasteiger partial charge is 0.332 e. The van der Waals surface area contributed by atoms with Crippen molar-refractivity contribution in [2.45, 2.75) is 52.1 Å². The molecular weight excluding hydrogens is 378 g/mol. The van der Waals surface area contributed by atoms with Crippen LogP contribution in [-0.4, -0.2) is 9.97 Å². The van der Waals surface area contributed by atoms with E-state index in [2.05, 4.69) is 37.1 Å². The Morgan fingerprint density at radius 2 is 2.15 bits per heavy atom. The Morgan fingerprint density at radius 3 is 2.93 bits per heavy atom. The Bertz CT molecular complexity index is 1040. The number of nitrogens with one attached hydrogen (secondary N) is 1. The summed E-state index contributed by atoms with van der Waals surface area (Å²) in [7, 11) is 0. The lowest BCUT2D eigenvalue weighted by atomic mass is 9.89. The summed E-state index contributed by atoms with van der Waals surface area (Å²) in [5, 5.41) is 3.78. The average molecular weight is 403 g/mol. The lowest BCUT2D eigenvalue weighted by Gasteiger charge is -2.17. The third-order valence-corrected chi connectivity index (χ3v) is 6.95. The molecule has 2 aromatic heterocycles. The summed E-state index contributed by atoms with van der Waals surface area (Å²) in [5.74, 6) is 1.43. The standard InChI is InChI=1S/C21H24ClN3OS/c1-11-7-8-16-17(9-11)27-21-18(16)20(26)24-19(25-21)13(3)23-12(2)14-5-4-6-15(22)10-14/h4-6,10-13,23H,7-9H2,1-3H3,(H,24,25,26)/p+1/t11-,12+,13-/m1/s1. The van der Waals surface area contributed by atoms with Crippen LogP contribution >= 0.6 is 22.9 Å². The molecule has 0 amide bonds. The maximum Gasteiger partial charge on any atom is 0.260 e. The van der Waals surface area contributed by atoms with Crippen molar-refractivity contribution in [1.82, 2.24) is 9.97 Å². The maximum absolute atomic E-state index is 12.8. The zero-order valence-corrected chi connectivity index (χ0v) is 17.5. The molecule has 4 nitrogen and oxygen atoms in total. The van der Waals surface area contributed by atoms with Crippen LogP contribution in [-0.2, 0) is 12.8 Å². The molecular formula is C21H25ClN3OS+. The minimum absolute atomic E-state index is 0.0118. The highest BCUT2D eigenvalue weighted by Gasteiger charge is 2.25. The minimum atomic E-state index is 0.0118. The summed E-state index contributed by atoms with van der Waals surface area (Å²) < 4.78 is 0. The number of aryl methyl sites for hydroxylation is 1. The van der Waals surface area contributed by atoms with Crippen molar-refractivity contribution in [3.63, 3.8) is 0 Å². The third kappa shape index (κ3) is 3.68. The Hall–Kier alpha value is -1.69. The first-order valence-electron chi connectivity index (χ1n) is 9.57. The normalized spacial score (nSPS) is 19.0. The van der Waals surface area contributed by atoms with Gasteiger partial charge in [-0.25, -0.2) is 4.98 Å². The van der Waals surface area contributed by atoms with E-state index in [9.17, 15) is 4.79 Å². The molecule has 6 heteroatoms. The number of halogens is 1. The Balaban J connectivity index is 1.62. The van der Waals surface area contributed by atoms with Crippen molar-refractivity contribution in [1.29, 1.82) is 0 Å². The number of hydrogen-bond acceptors (Lipinski definition) is 3. The highest BCUT2D eigenvalue weighted by molar-refractivity contribution is 7.18. The second-order valence-corrected chi connectivity index (χ2v) is 9.33. The molecule has 4 rings (SSSR count). The van der Waals surface area contributed by atoms with Crippen LogP contribution in [0.4, 0.5) is 0 Å². The van der Waals surface area contributed by atoms with Gasteiger partial charge in [0.1, 0.15) is 16.9 Å². The summed E-state index contributed by atoms with van der Waals surface area (Å²) in [6.45, 7) is 6.51. The number of aromatic nitrogens is 2. The van der Waals surface area contributed by atoms with Gasteiger partial charge in [0.25, 0.3) is 5.56 Å². The molecule has 3 aromatic rings. The van der Waals surface area contributed by atoms with Crippen molar-refractivity contribution >= 4 is 33.2 Å². The number of nitrogens with two attached hydrogens (primary N) is 1. The lowest BCUT2D eigenvalue weighted by molar-refractivity contribution is -0.729. The molecule has 2 heterocycles. The van der Waals surface area contributed by atoms with Gasteiger partial charge in [0.15, 0.2) is 5.82 Å². The van der Waals surface area contributed by atoms with Gasteiger partial charge in [-0.15, -0.1) is 11.3 Å². The van der Waals surface area contributed by atoms with Crippen LogP contribution in [0.5, 0.6) is 0 Å². The third-order valence-electron chi connectivity index (χ3n) is 5.57. The van der Waals surface area contributed by atoms with Gasteiger partial charge in [0, 0.05) is 15.5 Å². The smallest absolute Gasteiger partial charge is 0.260 e. The Morgan fingerprint density at radius 1 is 1.33 bits per heavy atom. The first-order valence-corrected chi connectivity index (χ1v) is 10.8. The monoisotopic (exact) mass is 402 g/mol. The van der Waals surface area contributed by atoms with E-state index in [1.54, 1.807) is 11.3 Å². The van der Waals surface area contributed by atoms with Crippen LogP contribution in [0.2, 0.25) is 5.02 Å². The number of nitrogens with zero attached hydrogens (tertiary/aromatic N) is 1. The second-order valence-electron chi connectivity index (χ2n) is 7.81. The van der Waals surface area contributed by atoms with Crippen LogP contribution in [0.15, 0.2) is 29.1 Å². The van der Waals surface area contributed by atoms with Crippen molar-refractivity contribution < 1.29 is 5.32 Å². The zero-order chi connectivity index (χ0) is 19.1. The van der Waals surface area contributed by atoms with Crippen LogP contribution in [0.3, 0.4) is 0 Å². The van der Waals surface area contributed by atoms with E-state index >= 15 is 0 Å². The molecule has 0 fully saturated rings. The summed E-state index contributed by atoms with van der Waals surface area (Å²) in [4.78, 5) is 22.9. The number of fused-ring (bicyclic) bond motifs is 3. The molecule has 0 spiro atoms. The molecule has 1 aliphatic carbocycles. The fourth-order valence-corrected chi connectivity index (χ4v) is 5.60. The lowest BCUT2D eigenvalue weighted by Crippen LogP contribution is -2.85. The van der Waals surface area contributed by atoms with Crippen LogP contribution in [0.25, 0.3) is 10.2 Å². The Kier molecular flexibility index (Phi) is 5.10. The van der Waals surface area contributed by atoms with Gasteiger partial charge in [-0.1, -0.05) is 30.7 Å². The van der Waals surface area contributed by atoms with Gasteiger partial charge in [-0.3, -0.25) is 4.79 Å².